The summed E-state index contributed by atoms with van der Waals surface area (Å²) in [6.45, 7) is 5.34. The number of pyridine rings is 2. The maximum absolute atomic E-state index is 13.1. The number of rotatable bonds is 8. The first kappa shape index (κ1) is 24.6. The second-order valence-electron chi connectivity index (χ2n) is 8.83. The highest BCUT2D eigenvalue weighted by Gasteiger charge is 2.24. The molecule has 0 radical (unpaired) electrons. The number of nitrogens with zero attached hydrogens (tertiary/aromatic N) is 2. The molecule has 3 aromatic rings. The van der Waals surface area contributed by atoms with Crippen LogP contribution in [-0.4, -0.2) is 33.6 Å². The lowest BCUT2D eigenvalue weighted by Gasteiger charge is -2.23. The van der Waals surface area contributed by atoms with Gasteiger partial charge < -0.3 is 15.4 Å². The normalized spacial score (nSPS) is 12.2. The Morgan fingerprint density at radius 1 is 0.971 bits per heavy atom. The van der Waals surface area contributed by atoms with Gasteiger partial charge in [0.1, 0.15) is 11.6 Å². The summed E-state index contributed by atoms with van der Waals surface area (Å²) in [5, 5.41) is 5.58. The third-order valence-corrected chi connectivity index (χ3v) is 4.77. The highest BCUT2D eigenvalue weighted by molar-refractivity contribution is 5.96. The quantitative estimate of drug-likeness (QED) is 0.489. The molecular weight excluding hydrogens is 428 g/mol. The van der Waals surface area contributed by atoms with Crippen LogP contribution in [0.15, 0.2) is 73.3 Å². The summed E-state index contributed by atoms with van der Waals surface area (Å²) in [6, 6.07) is 14.7. The van der Waals surface area contributed by atoms with Gasteiger partial charge in [0.25, 0.3) is 0 Å². The molecule has 2 amide bonds. The summed E-state index contributed by atoms with van der Waals surface area (Å²) in [6.07, 6.45) is 11.0. The lowest BCUT2D eigenvalue weighted by Crippen LogP contribution is -2.46. The molecule has 2 aromatic heterocycles. The van der Waals surface area contributed by atoms with Crippen LogP contribution in [0.1, 0.15) is 43.9 Å². The number of hydrogen-bond acceptors (Lipinski definition) is 5. The highest BCUT2D eigenvalue weighted by Crippen LogP contribution is 2.14. The van der Waals surface area contributed by atoms with Gasteiger partial charge in [0.15, 0.2) is 0 Å². The molecule has 0 aliphatic rings. The van der Waals surface area contributed by atoms with Crippen molar-refractivity contribution in [3.63, 3.8) is 0 Å². The molecule has 0 saturated carbocycles. The van der Waals surface area contributed by atoms with E-state index in [1.54, 1.807) is 45.6 Å². The molecule has 0 spiro atoms. The molecule has 176 valence electrons. The SMILES string of the molecule is CC(C)(C)OC(=O)N[C@@H](CCc1ccccc1)C(=O)Nc1cncc(C=Cc2ccncc2)c1. The topological polar surface area (TPSA) is 93.2 Å². The Bertz CT molecular complexity index is 1110. The van der Waals surface area contributed by atoms with Crippen molar-refractivity contribution < 1.29 is 14.3 Å². The summed E-state index contributed by atoms with van der Waals surface area (Å²) >= 11 is 0. The Hall–Kier alpha value is -4.00. The first-order valence-electron chi connectivity index (χ1n) is 11.2. The van der Waals surface area contributed by atoms with E-state index in [1.807, 2.05) is 60.7 Å². The van der Waals surface area contributed by atoms with Gasteiger partial charge in [-0.1, -0.05) is 42.5 Å². The Morgan fingerprint density at radius 3 is 2.38 bits per heavy atom. The van der Waals surface area contributed by atoms with Crippen molar-refractivity contribution in [3.05, 3.63) is 90.0 Å². The summed E-state index contributed by atoms with van der Waals surface area (Å²) in [5.74, 6) is -0.334. The molecule has 2 heterocycles. The lowest BCUT2D eigenvalue weighted by atomic mass is 10.0. The van der Waals surface area contributed by atoms with Crippen molar-refractivity contribution in [3.8, 4) is 0 Å². The molecule has 2 N–H and O–H groups in total. The zero-order valence-corrected chi connectivity index (χ0v) is 19.7. The van der Waals surface area contributed by atoms with Gasteiger partial charge in [-0.05, 0) is 68.5 Å². The number of amides is 2. The van der Waals surface area contributed by atoms with E-state index in [9.17, 15) is 9.59 Å². The molecule has 7 heteroatoms. The third-order valence-electron chi connectivity index (χ3n) is 4.77. The average molecular weight is 459 g/mol. The molecule has 34 heavy (non-hydrogen) atoms. The molecule has 1 aromatic carbocycles. The number of anilines is 1. The van der Waals surface area contributed by atoms with Crippen molar-refractivity contribution in [1.82, 2.24) is 15.3 Å². The van der Waals surface area contributed by atoms with Crippen LogP contribution in [0.2, 0.25) is 0 Å². The Kier molecular flexibility index (Phi) is 8.51. The number of aryl methyl sites for hydroxylation is 1. The van der Waals surface area contributed by atoms with Crippen molar-refractivity contribution in [2.45, 2.75) is 45.3 Å². The molecule has 3 rings (SSSR count). The van der Waals surface area contributed by atoms with E-state index >= 15 is 0 Å². The van der Waals surface area contributed by atoms with E-state index < -0.39 is 17.7 Å². The fraction of sp³-hybridized carbons (Fsp3) is 0.259. The van der Waals surface area contributed by atoms with E-state index in [0.717, 1.165) is 16.7 Å². The van der Waals surface area contributed by atoms with E-state index in [2.05, 4.69) is 20.6 Å². The standard InChI is InChI=1S/C27H30N4O3/c1-27(2,3)34-26(33)31-24(12-11-20-7-5-4-6-8-20)25(32)30-23-17-22(18-29-19-23)10-9-21-13-15-28-16-14-21/h4-10,13-19,24H,11-12H2,1-3H3,(H,30,32)(H,31,33)/t24-/m0/s1. The van der Waals surface area contributed by atoms with E-state index in [-0.39, 0.29) is 5.91 Å². The number of aromatic nitrogens is 2. The number of alkyl carbamates (subject to hydrolysis) is 1. The molecule has 0 saturated heterocycles. The summed E-state index contributed by atoms with van der Waals surface area (Å²) < 4.78 is 5.36. The average Bonchev–Trinajstić information content (AvgIpc) is 2.81. The van der Waals surface area contributed by atoms with Gasteiger partial charge in [-0.15, -0.1) is 0 Å². The van der Waals surface area contributed by atoms with Crippen LogP contribution in [0.4, 0.5) is 10.5 Å². The Balaban J connectivity index is 1.69. The minimum atomic E-state index is -0.772. The van der Waals surface area contributed by atoms with Crippen LogP contribution in [0, 0.1) is 0 Å². The maximum Gasteiger partial charge on any atom is 0.408 e. The van der Waals surface area contributed by atoms with E-state index in [4.69, 9.17) is 4.74 Å². The largest absolute Gasteiger partial charge is 0.444 e. The van der Waals surface area contributed by atoms with Gasteiger partial charge >= 0.3 is 6.09 Å². The Labute approximate surface area is 200 Å². The zero-order chi connectivity index (χ0) is 24.4. The van der Waals surface area contributed by atoms with Gasteiger partial charge in [-0.2, -0.15) is 0 Å². The van der Waals surface area contributed by atoms with Crippen LogP contribution >= 0.6 is 0 Å². The van der Waals surface area contributed by atoms with Crippen LogP contribution in [0.25, 0.3) is 12.2 Å². The highest BCUT2D eigenvalue weighted by atomic mass is 16.6. The van der Waals surface area contributed by atoms with Crippen LogP contribution < -0.4 is 10.6 Å². The number of carbonyl (C=O) groups excluding carboxylic acids is 2. The zero-order valence-electron chi connectivity index (χ0n) is 19.7. The monoisotopic (exact) mass is 458 g/mol. The van der Waals surface area contributed by atoms with Gasteiger partial charge in [-0.25, -0.2) is 4.79 Å². The molecule has 1 atom stereocenters. The molecule has 0 fully saturated rings. The first-order chi connectivity index (χ1) is 16.3. The number of benzene rings is 1. The summed E-state index contributed by atoms with van der Waals surface area (Å²) in [5.41, 5.74) is 2.79. The number of ether oxygens (including phenoxy) is 1. The minimum absolute atomic E-state index is 0.334. The third kappa shape index (κ3) is 8.50. The van der Waals surface area contributed by atoms with Crippen LogP contribution in [-0.2, 0) is 16.0 Å². The van der Waals surface area contributed by atoms with E-state index in [0.29, 0.717) is 18.5 Å². The van der Waals surface area contributed by atoms with Crippen molar-refractivity contribution in [1.29, 1.82) is 0 Å². The van der Waals surface area contributed by atoms with Gasteiger partial charge in [-0.3, -0.25) is 14.8 Å². The number of hydrogen-bond donors (Lipinski definition) is 2. The molecular formula is C27H30N4O3. The second kappa shape index (κ2) is 11.7. The van der Waals surface area contributed by atoms with Gasteiger partial charge in [0, 0.05) is 18.6 Å². The molecule has 0 aliphatic heterocycles. The van der Waals surface area contributed by atoms with Gasteiger partial charge in [0.2, 0.25) is 5.91 Å². The molecule has 7 nitrogen and oxygen atoms in total. The van der Waals surface area contributed by atoms with Crippen LogP contribution in [0.3, 0.4) is 0 Å². The van der Waals surface area contributed by atoms with Gasteiger partial charge in [0.05, 0.1) is 11.9 Å². The van der Waals surface area contributed by atoms with Crippen LogP contribution in [0.5, 0.6) is 0 Å². The smallest absolute Gasteiger partial charge is 0.408 e. The molecule has 0 aliphatic carbocycles. The number of carbonyl (C=O) groups is 2. The summed E-state index contributed by atoms with van der Waals surface area (Å²) in [7, 11) is 0. The van der Waals surface area contributed by atoms with Crippen molar-refractivity contribution in [2.75, 3.05) is 5.32 Å². The lowest BCUT2D eigenvalue weighted by molar-refractivity contribution is -0.118. The van der Waals surface area contributed by atoms with Crippen molar-refractivity contribution >= 4 is 29.8 Å². The molecule has 0 bridgehead atoms. The predicted molar refractivity (Wildman–Crippen MR) is 134 cm³/mol. The predicted octanol–water partition coefficient (Wildman–Crippen LogP) is 5.11. The summed E-state index contributed by atoms with van der Waals surface area (Å²) in [4.78, 5) is 33.7. The molecule has 0 unspecified atom stereocenters. The first-order valence-corrected chi connectivity index (χ1v) is 11.2. The Morgan fingerprint density at radius 2 is 1.68 bits per heavy atom. The maximum atomic E-state index is 13.1. The minimum Gasteiger partial charge on any atom is -0.444 e. The fourth-order valence-corrected chi connectivity index (χ4v) is 3.19. The number of nitrogens with one attached hydrogen (secondary N) is 2. The fourth-order valence-electron chi connectivity index (χ4n) is 3.19. The van der Waals surface area contributed by atoms with E-state index in [1.165, 1.54) is 0 Å². The second-order valence-corrected chi connectivity index (χ2v) is 8.83. The van der Waals surface area contributed by atoms with Crippen molar-refractivity contribution in [2.24, 2.45) is 0 Å².